The first-order valence-electron chi connectivity index (χ1n) is 15.6. The Balaban J connectivity index is 1.37. The number of ether oxygens (including phenoxy) is 2. The van der Waals surface area contributed by atoms with Crippen LogP contribution < -0.4 is 4.72 Å². The molecule has 1 fully saturated rings. The summed E-state index contributed by atoms with van der Waals surface area (Å²) in [7, 11) is 2.02. The van der Waals surface area contributed by atoms with E-state index in [1.165, 1.54) is 5.57 Å². The second-order valence-corrected chi connectivity index (χ2v) is 14.4. The lowest BCUT2D eigenvalue weighted by Crippen LogP contribution is -2.68. The SMILES string of the molecule is COC1=CC=C(CNS(=O)CCCN(CC2=CCC(Cl)C=C2)C(=O)C2(C)CCN2C(=O)CC2=CC(C)=CC(C)C2)C(OC)C1. The molecular weight excluding hydrogens is 598 g/mol. The van der Waals surface area contributed by atoms with Gasteiger partial charge in [-0.15, -0.1) is 11.6 Å². The van der Waals surface area contributed by atoms with Crippen LogP contribution in [0.2, 0.25) is 0 Å². The molecule has 44 heavy (non-hydrogen) atoms. The maximum absolute atomic E-state index is 14.1. The average molecular weight is 646 g/mol. The van der Waals surface area contributed by atoms with Crippen LogP contribution in [0, 0.1) is 5.92 Å². The van der Waals surface area contributed by atoms with Gasteiger partial charge in [0.1, 0.15) is 5.54 Å². The van der Waals surface area contributed by atoms with E-state index in [9.17, 15) is 13.8 Å². The Labute approximate surface area is 270 Å². The maximum Gasteiger partial charge on any atom is 0.248 e. The minimum absolute atomic E-state index is 0.00566. The third-order valence-electron chi connectivity index (χ3n) is 8.93. The number of likely N-dealkylation sites (tertiary alicyclic amines) is 1. The highest BCUT2D eigenvalue weighted by molar-refractivity contribution is 7.83. The summed E-state index contributed by atoms with van der Waals surface area (Å²) in [5.41, 5.74) is 3.47. The van der Waals surface area contributed by atoms with Crippen molar-refractivity contribution >= 4 is 34.4 Å². The minimum atomic E-state index is -1.28. The van der Waals surface area contributed by atoms with Crippen molar-refractivity contribution in [3.63, 3.8) is 0 Å². The summed E-state index contributed by atoms with van der Waals surface area (Å²) in [4.78, 5) is 31.2. The largest absolute Gasteiger partial charge is 0.501 e. The fraction of sp³-hybridized carbons (Fsp3) is 0.588. The molecule has 0 aromatic carbocycles. The molecule has 0 bridgehead atoms. The minimum Gasteiger partial charge on any atom is -0.501 e. The number of allylic oxidation sites excluding steroid dienone is 7. The van der Waals surface area contributed by atoms with Gasteiger partial charge in [-0.2, -0.15) is 0 Å². The molecule has 5 atom stereocenters. The smallest absolute Gasteiger partial charge is 0.248 e. The number of carbonyl (C=O) groups excluding carboxylic acids is 2. The van der Waals surface area contributed by atoms with Crippen LogP contribution in [0.15, 0.2) is 70.6 Å². The van der Waals surface area contributed by atoms with Crippen LogP contribution in [0.1, 0.15) is 59.3 Å². The average Bonchev–Trinajstić information content (AvgIpc) is 2.98. The molecule has 1 saturated heterocycles. The molecule has 10 heteroatoms. The first-order valence-corrected chi connectivity index (χ1v) is 17.3. The van der Waals surface area contributed by atoms with Gasteiger partial charge in [-0.1, -0.05) is 54.5 Å². The number of amides is 2. The van der Waals surface area contributed by atoms with E-state index in [0.29, 0.717) is 70.0 Å². The van der Waals surface area contributed by atoms with Crippen molar-refractivity contribution in [3.05, 3.63) is 70.6 Å². The predicted molar refractivity (Wildman–Crippen MR) is 177 cm³/mol. The second-order valence-electron chi connectivity index (χ2n) is 12.5. The van der Waals surface area contributed by atoms with Crippen LogP contribution in [0.3, 0.4) is 0 Å². The van der Waals surface area contributed by atoms with Gasteiger partial charge in [0, 0.05) is 51.9 Å². The molecule has 0 aromatic rings. The molecule has 4 rings (SSSR count). The number of rotatable bonds is 14. The highest BCUT2D eigenvalue weighted by Gasteiger charge is 2.51. The Morgan fingerprint density at radius 1 is 1.25 bits per heavy atom. The molecule has 1 heterocycles. The lowest BCUT2D eigenvalue weighted by Gasteiger charge is -2.51. The van der Waals surface area contributed by atoms with Crippen molar-refractivity contribution in [1.29, 1.82) is 0 Å². The van der Waals surface area contributed by atoms with Crippen molar-refractivity contribution < 1.29 is 23.3 Å². The van der Waals surface area contributed by atoms with Gasteiger partial charge in [-0.3, -0.25) is 9.59 Å². The summed E-state index contributed by atoms with van der Waals surface area (Å²) in [6.45, 7) is 8.01. The van der Waals surface area contributed by atoms with E-state index in [1.807, 2.05) is 36.1 Å². The summed E-state index contributed by atoms with van der Waals surface area (Å²) in [5.74, 6) is 1.60. The van der Waals surface area contributed by atoms with Crippen molar-refractivity contribution in [1.82, 2.24) is 14.5 Å². The van der Waals surface area contributed by atoms with Crippen LogP contribution in [0.4, 0.5) is 0 Å². The van der Waals surface area contributed by atoms with E-state index < -0.39 is 16.5 Å². The van der Waals surface area contributed by atoms with E-state index in [0.717, 1.165) is 28.9 Å². The Hall–Kier alpha value is -2.46. The summed E-state index contributed by atoms with van der Waals surface area (Å²) >= 11 is 6.25. The topological polar surface area (TPSA) is 88.2 Å². The number of methoxy groups -OCH3 is 2. The molecule has 0 saturated carbocycles. The first-order chi connectivity index (χ1) is 21.0. The fourth-order valence-electron chi connectivity index (χ4n) is 6.38. The molecule has 0 radical (unpaired) electrons. The Bertz CT molecular complexity index is 1300. The van der Waals surface area contributed by atoms with Gasteiger partial charge in [0.15, 0.2) is 0 Å². The number of nitrogens with one attached hydrogen (secondary N) is 1. The van der Waals surface area contributed by atoms with Crippen LogP contribution >= 0.6 is 11.6 Å². The lowest BCUT2D eigenvalue weighted by atomic mass is 9.83. The molecule has 4 aliphatic rings. The van der Waals surface area contributed by atoms with E-state index in [-0.39, 0.29) is 23.3 Å². The zero-order valence-electron chi connectivity index (χ0n) is 26.8. The molecule has 242 valence electrons. The second kappa shape index (κ2) is 15.7. The number of alkyl halides is 1. The molecule has 5 unspecified atom stereocenters. The third-order valence-corrected chi connectivity index (χ3v) is 10.4. The molecule has 1 N–H and O–H groups in total. The van der Waals surface area contributed by atoms with E-state index >= 15 is 0 Å². The molecule has 0 spiro atoms. The fourth-order valence-corrected chi connectivity index (χ4v) is 7.41. The van der Waals surface area contributed by atoms with Crippen LogP contribution in [-0.2, 0) is 30.0 Å². The molecule has 3 aliphatic carbocycles. The number of carbonyl (C=O) groups is 2. The number of nitrogens with zero attached hydrogens (tertiary/aromatic N) is 2. The number of hydrogen-bond donors (Lipinski definition) is 1. The van der Waals surface area contributed by atoms with Gasteiger partial charge in [0.25, 0.3) is 0 Å². The number of halogens is 1. The Kier molecular flexibility index (Phi) is 12.3. The quantitative estimate of drug-likeness (QED) is 0.265. The van der Waals surface area contributed by atoms with Crippen LogP contribution in [0.5, 0.6) is 0 Å². The van der Waals surface area contributed by atoms with Gasteiger partial charge in [0.2, 0.25) is 11.8 Å². The van der Waals surface area contributed by atoms with E-state index in [4.69, 9.17) is 21.1 Å². The van der Waals surface area contributed by atoms with E-state index in [1.54, 1.807) is 19.1 Å². The molecule has 2 amide bonds. The molecular formula is C34H48ClN3O5S. The summed E-state index contributed by atoms with van der Waals surface area (Å²) in [6.07, 6.45) is 17.8. The normalized spacial score (nSPS) is 27.3. The maximum atomic E-state index is 14.1. The predicted octanol–water partition coefficient (Wildman–Crippen LogP) is 5.12. The lowest BCUT2D eigenvalue weighted by molar-refractivity contribution is -0.163. The van der Waals surface area contributed by atoms with Crippen molar-refractivity contribution in [2.45, 2.75) is 76.3 Å². The van der Waals surface area contributed by atoms with Gasteiger partial charge >= 0.3 is 0 Å². The first kappa shape index (κ1) is 34.4. The number of hydrogen-bond acceptors (Lipinski definition) is 5. The van der Waals surface area contributed by atoms with Crippen LogP contribution in [-0.4, -0.2) is 89.0 Å². The highest BCUT2D eigenvalue weighted by atomic mass is 35.5. The summed E-state index contributed by atoms with van der Waals surface area (Å²) in [6, 6.07) is 0. The van der Waals surface area contributed by atoms with Gasteiger partial charge in [-0.25, -0.2) is 8.93 Å². The van der Waals surface area contributed by atoms with Crippen LogP contribution in [0.25, 0.3) is 0 Å². The molecule has 0 aromatic heterocycles. The zero-order valence-corrected chi connectivity index (χ0v) is 28.3. The zero-order chi connectivity index (χ0) is 31.9. The summed E-state index contributed by atoms with van der Waals surface area (Å²) < 4.78 is 26.9. The van der Waals surface area contributed by atoms with Crippen molar-refractivity contribution in [2.75, 3.05) is 46.2 Å². The van der Waals surface area contributed by atoms with Gasteiger partial charge in [0.05, 0.1) is 35.3 Å². The molecule has 8 nitrogen and oxygen atoms in total. The van der Waals surface area contributed by atoms with E-state index in [2.05, 4.69) is 36.8 Å². The van der Waals surface area contributed by atoms with Crippen molar-refractivity contribution in [2.24, 2.45) is 5.92 Å². The monoisotopic (exact) mass is 645 g/mol. The standard InChI is InChI=1S/C34H48ClN3O5S/c1-24-17-25(2)19-27(18-24)20-32(39)38-15-13-34(38,3)33(40)37(23-26-7-10-29(35)11-8-26)14-6-16-44(41)36-22-28-9-12-30(42-4)21-31(28)43-5/h7-10,12,17-18,25,29,31,36H,6,11,13-16,19-23H2,1-5H3. The van der Waals surface area contributed by atoms with Gasteiger partial charge in [-0.05, 0) is 62.7 Å². The summed E-state index contributed by atoms with van der Waals surface area (Å²) in [5, 5.41) is -0.0440. The third kappa shape index (κ3) is 8.83. The Morgan fingerprint density at radius 3 is 2.68 bits per heavy atom. The van der Waals surface area contributed by atoms with Crippen molar-refractivity contribution in [3.8, 4) is 0 Å². The van der Waals surface area contributed by atoms with Gasteiger partial charge < -0.3 is 19.3 Å². The molecule has 1 aliphatic heterocycles. The Morgan fingerprint density at radius 2 is 2.05 bits per heavy atom. The highest BCUT2D eigenvalue weighted by Crippen LogP contribution is 2.35.